The molecular weight excluding hydrogens is 352 g/mol. The summed E-state index contributed by atoms with van der Waals surface area (Å²) in [6, 6.07) is 14.3. The second-order valence-corrected chi connectivity index (χ2v) is 7.00. The predicted octanol–water partition coefficient (Wildman–Crippen LogP) is 4.12. The molecule has 0 saturated carbocycles. The molecule has 2 aromatic rings. The zero-order valence-corrected chi connectivity index (χ0v) is 15.5. The molecule has 2 aromatic carbocycles. The van der Waals surface area contributed by atoms with Crippen LogP contribution in [0, 0.1) is 5.92 Å². The third-order valence-electron chi connectivity index (χ3n) is 4.11. The average molecular weight is 373 g/mol. The van der Waals surface area contributed by atoms with E-state index in [1.807, 2.05) is 26.0 Å². The summed E-state index contributed by atoms with van der Waals surface area (Å²) in [7, 11) is 0. The third kappa shape index (κ3) is 4.35. The Hall–Kier alpha value is -2.53. The van der Waals surface area contributed by atoms with Crippen molar-refractivity contribution in [1.29, 1.82) is 0 Å². The van der Waals surface area contributed by atoms with Crippen LogP contribution in [-0.4, -0.2) is 24.5 Å². The number of nitrogens with zero attached hydrogens (tertiary/aromatic N) is 1. The second-order valence-electron chi connectivity index (χ2n) is 6.57. The van der Waals surface area contributed by atoms with Crippen LogP contribution >= 0.6 is 11.6 Å². The number of anilines is 2. The number of carbonyl (C=O) groups is 2. The highest BCUT2D eigenvalue weighted by Gasteiger charge is 2.35. The van der Waals surface area contributed by atoms with E-state index in [9.17, 15) is 9.59 Å². The van der Waals surface area contributed by atoms with Crippen LogP contribution in [0.25, 0.3) is 0 Å². The Morgan fingerprint density at radius 1 is 1.23 bits per heavy atom. The first-order valence-corrected chi connectivity index (χ1v) is 8.93. The van der Waals surface area contributed by atoms with Crippen LogP contribution in [0.3, 0.4) is 0 Å². The minimum atomic E-state index is -0.396. The smallest absolute Gasteiger partial charge is 0.229 e. The second kappa shape index (κ2) is 7.79. The van der Waals surface area contributed by atoms with E-state index in [4.69, 9.17) is 16.3 Å². The summed E-state index contributed by atoms with van der Waals surface area (Å²) in [5.74, 6) is 0.0665. The van der Waals surface area contributed by atoms with Gasteiger partial charge in [0.2, 0.25) is 11.8 Å². The molecule has 26 heavy (non-hydrogen) atoms. The van der Waals surface area contributed by atoms with Gasteiger partial charge >= 0.3 is 0 Å². The topological polar surface area (TPSA) is 58.6 Å². The Bertz CT molecular complexity index is 805. The Labute approximate surface area is 157 Å². The third-order valence-corrected chi connectivity index (χ3v) is 4.36. The first-order chi connectivity index (χ1) is 12.4. The van der Waals surface area contributed by atoms with Crippen molar-refractivity contribution in [2.75, 3.05) is 16.8 Å². The molecule has 0 unspecified atom stereocenters. The van der Waals surface area contributed by atoms with Crippen molar-refractivity contribution in [2.24, 2.45) is 5.92 Å². The summed E-state index contributed by atoms with van der Waals surface area (Å²) in [6.45, 7) is 4.25. The Morgan fingerprint density at radius 3 is 2.65 bits per heavy atom. The van der Waals surface area contributed by atoms with Gasteiger partial charge in [0.15, 0.2) is 0 Å². The molecule has 1 heterocycles. The number of nitrogens with one attached hydrogen (secondary N) is 1. The lowest BCUT2D eigenvalue weighted by molar-refractivity contribution is -0.122. The monoisotopic (exact) mass is 372 g/mol. The minimum absolute atomic E-state index is 0.0568. The van der Waals surface area contributed by atoms with Gasteiger partial charge in [0.25, 0.3) is 0 Å². The van der Waals surface area contributed by atoms with Crippen molar-refractivity contribution in [1.82, 2.24) is 0 Å². The van der Waals surface area contributed by atoms with Gasteiger partial charge in [-0.2, -0.15) is 0 Å². The predicted molar refractivity (Wildman–Crippen MR) is 103 cm³/mol. The fraction of sp³-hybridized carbons (Fsp3) is 0.300. The largest absolute Gasteiger partial charge is 0.491 e. The SMILES string of the molecule is CC(C)Oc1cccc(NC(=O)[C@H]2CC(=O)N(c3ccc(Cl)cc3)C2)c1. The van der Waals surface area contributed by atoms with Crippen LogP contribution in [0.15, 0.2) is 48.5 Å². The fourth-order valence-electron chi connectivity index (χ4n) is 2.92. The van der Waals surface area contributed by atoms with Gasteiger partial charge in [-0.05, 0) is 50.2 Å². The van der Waals surface area contributed by atoms with E-state index >= 15 is 0 Å². The zero-order chi connectivity index (χ0) is 18.7. The van der Waals surface area contributed by atoms with Gasteiger partial charge in [-0.15, -0.1) is 0 Å². The van der Waals surface area contributed by atoms with Crippen LogP contribution in [0.5, 0.6) is 5.75 Å². The lowest BCUT2D eigenvalue weighted by Crippen LogP contribution is -2.28. The maximum atomic E-state index is 12.6. The molecule has 136 valence electrons. The number of hydrogen-bond donors (Lipinski definition) is 1. The van der Waals surface area contributed by atoms with Crippen molar-refractivity contribution >= 4 is 34.8 Å². The maximum Gasteiger partial charge on any atom is 0.229 e. The first-order valence-electron chi connectivity index (χ1n) is 8.56. The van der Waals surface area contributed by atoms with Gasteiger partial charge in [-0.25, -0.2) is 0 Å². The van der Waals surface area contributed by atoms with Crippen LogP contribution in [-0.2, 0) is 9.59 Å². The van der Waals surface area contributed by atoms with E-state index in [0.717, 1.165) is 5.69 Å². The lowest BCUT2D eigenvalue weighted by atomic mass is 10.1. The van der Waals surface area contributed by atoms with Crippen molar-refractivity contribution in [3.63, 3.8) is 0 Å². The molecule has 6 heteroatoms. The summed E-state index contributed by atoms with van der Waals surface area (Å²) in [4.78, 5) is 26.5. The Balaban J connectivity index is 1.66. The quantitative estimate of drug-likeness (QED) is 0.858. The molecule has 0 bridgehead atoms. The molecule has 1 aliphatic heterocycles. The Kier molecular flexibility index (Phi) is 5.47. The minimum Gasteiger partial charge on any atom is -0.491 e. The van der Waals surface area contributed by atoms with Gasteiger partial charge in [0.05, 0.1) is 12.0 Å². The number of benzene rings is 2. The van der Waals surface area contributed by atoms with Crippen molar-refractivity contribution in [3.8, 4) is 5.75 Å². The van der Waals surface area contributed by atoms with Gasteiger partial charge in [0, 0.05) is 35.4 Å². The average Bonchev–Trinajstić information content (AvgIpc) is 2.97. The molecule has 3 rings (SSSR count). The summed E-state index contributed by atoms with van der Waals surface area (Å²) in [5, 5.41) is 3.49. The summed E-state index contributed by atoms with van der Waals surface area (Å²) in [5.41, 5.74) is 1.41. The van der Waals surface area contributed by atoms with Crippen LogP contribution < -0.4 is 15.0 Å². The zero-order valence-electron chi connectivity index (χ0n) is 14.7. The number of amides is 2. The van der Waals surface area contributed by atoms with E-state index in [1.54, 1.807) is 41.3 Å². The molecule has 1 aliphatic rings. The van der Waals surface area contributed by atoms with Gasteiger partial charge in [-0.3, -0.25) is 9.59 Å². The molecule has 1 atom stereocenters. The number of rotatable bonds is 5. The number of halogens is 1. The number of carbonyl (C=O) groups excluding carboxylic acids is 2. The molecule has 5 nitrogen and oxygen atoms in total. The number of hydrogen-bond acceptors (Lipinski definition) is 3. The fourth-order valence-corrected chi connectivity index (χ4v) is 3.04. The summed E-state index contributed by atoms with van der Waals surface area (Å²) in [6.07, 6.45) is 0.248. The molecule has 2 amide bonds. The molecule has 1 fully saturated rings. The van der Waals surface area contributed by atoms with E-state index in [0.29, 0.717) is 23.0 Å². The van der Waals surface area contributed by atoms with E-state index < -0.39 is 5.92 Å². The van der Waals surface area contributed by atoms with Crippen molar-refractivity contribution in [2.45, 2.75) is 26.4 Å². The first kappa shape index (κ1) is 18.3. The van der Waals surface area contributed by atoms with E-state index in [-0.39, 0.29) is 24.3 Å². The molecule has 0 aromatic heterocycles. The molecule has 1 N–H and O–H groups in total. The summed E-state index contributed by atoms with van der Waals surface area (Å²) < 4.78 is 5.64. The molecule has 0 aliphatic carbocycles. The maximum absolute atomic E-state index is 12.6. The molecule has 0 spiro atoms. The molecular formula is C20H21ClN2O3. The van der Waals surface area contributed by atoms with Gasteiger partial charge < -0.3 is 15.0 Å². The summed E-state index contributed by atoms with van der Waals surface area (Å²) >= 11 is 5.89. The lowest BCUT2D eigenvalue weighted by Gasteiger charge is -2.17. The normalized spacial score (nSPS) is 16.8. The highest BCUT2D eigenvalue weighted by Crippen LogP contribution is 2.27. The number of ether oxygens (including phenoxy) is 1. The van der Waals surface area contributed by atoms with Crippen LogP contribution in [0.4, 0.5) is 11.4 Å². The van der Waals surface area contributed by atoms with E-state index in [2.05, 4.69) is 5.32 Å². The van der Waals surface area contributed by atoms with Crippen molar-refractivity contribution < 1.29 is 14.3 Å². The molecule has 0 radical (unpaired) electrons. The Morgan fingerprint density at radius 2 is 1.96 bits per heavy atom. The van der Waals surface area contributed by atoms with Crippen LogP contribution in [0.2, 0.25) is 5.02 Å². The van der Waals surface area contributed by atoms with Crippen molar-refractivity contribution in [3.05, 3.63) is 53.6 Å². The highest BCUT2D eigenvalue weighted by molar-refractivity contribution is 6.30. The van der Waals surface area contributed by atoms with Crippen LogP contribution in [0.1, 0.15) is 20.3 Å². The standard InChI is InChI=1S/C20H21ClN2O3/c1-13(2)26-18-5-3-4-16(11-18)22-20(25)14-10-19(24)23(12-14)17-8-6-15(21)7-9-17/h3-9,11,13-14H,10,12H2,1-2H3,(H,22,25)/t14-/m0/s1. The molecule has 1 saturated heterocycles. The highest BCUT2D eigenvalue weighted by atomic mass is 35.5. The van der Waals surface area contributed by atoms with E-state index in [1.165, 1.54) is 0 Å². The van der Waals surface area contributed by atoms with Gasteiger partial charge in [-0.1, -0.05) is 17.7 Å². The van der Waals surface area contributed by atoms with Gasteiger partial charge in [0.1, 0.15) is 5.75 Å².